The third-order valence-corrected chi connectivity index (χ3v) is 5.70. The fourth-order valence-corrected chi connectivity index (χ4v) is 4.17. The van der Waals surface area contributed by atoms with Gasteiger partial charge >= 0.3 is 5.91 Å². The molecule has 2 aromatic heterocycles. The number of aryl methyl sites for hydroxylation is 2. The minimum absolute atomic E-state index is 0.0173. The van der Waals surface area contributed by atoms with Crippen molar-refractivity contribution in [3.05, 3.63) is 112 Å². The molecule has 1 aliphatic rings. The fourth-order valence-electron chi connectivity index (χ4n) is 4.17. The lowest BCUT2D eigenvalue weighted by molar-refractivity contribution is -0.577. The van der Waals surface area contributed by atoms with Crippen molar-refractivity contribution in [2.45, 2.75) is 13.8 Å². The van der Waals surface area contributed by atoms with Crippen molar-refractivity contribution in [1.29, 1.82) is 0 Å². The maximum absolute atomic E-state index is 14.7. The van der Waals surface area contributed by atoms with Crippen LogP contribution in [0.5, 0.6) is 0 Å². The van der Waals surface area contributed by atoms with E-state index in [1.807, 2.05) is 19.1 Å². The van der Waals surface area contributed by atoms with Gasteiger partial charge in [-0.25, -0.2) is 14.0 Å². The summed E-state index contributed by atoms with van der Waals surface area (Å²) in [4.78, 5) is 41.6. The van der Waals surface area contributed by atoms with Crippen LogP contribution in [-0.4, -0.2) is 21.6 Å². The normalized spacial score (nSPS) is 13.8. The first-order valence-electron chi connectivity index (χ1n) is 10.6. The van der Waals surface area contributed by atoms with Crippen LogP contribution in [0.15, 0.2) is 83.9 Å². The molecular formula is C26H20FN4O3+. The van der Waals surface area contributed by atoms with Crippen molar-refractivity contribution in [2.24, 2.45) is 0 Å². The Hall–Kier alpha value is -4.59. The number of imide groups is 1. The molecule has 7 nitrogen and oxygen atoms in total. The van der Waals surface area contributed by atoms with Gasteiger partial charge in [-0.2, -0.15) is 4.57 Å². The van der Waals surface area contributed by atoms with E-state index in [4.69, 9.17) is 0 Å². The number of aromatic amines is 1. The summed E-state index contributed by atoms with van der Waals surface area (Å²) in [7, 11) is 0. The number of anilines is 1. The minimum atomic E-state index is -0.765. The lowest BCUT2D eigenvalue weighted by atomic mass is 10.1. The number of nitrogens with one attached hydrogen (secondary N) is 1. The van der Waals surface area contributed by atoms with Crippen molar-refractivity contribution < 1.29 is 18.5 Å². The van der Waals surface area contributed by atoms with Crippen LogP contribution in [0.3, 0.4) is 0 Å². The number of para-hydroxylation sites is 2. The first-order chi connectivity index (χ1) is 16.4. The molecule has 0 unspecified atom stereocenters. The first kappa shape index (κ1) is 21.3. The topological polar surface area (TPSA) is 79.1 Å². The molecule has 0 radical (unpaired) electrons. The van der Waals surface area contributed by atoms with Gasteiger partial charge < -0.3 is 0 Å². The summed E-state index contributed by atoms with van der Waals surface area (Å²) in [5.41, 5.74) is 1.13. The second-order valence-electron chi connectivity index (χ2n) is 8.00. The Labute approximate surface area is 194 Å². The van der Waals surface area contributed by atoms with Gasteiger partial charge in [-0.05, 0) is 44.2 Å². The number of amides is 2. The average Bonchev–Trinajstić information content (AvgIpc) is 3.26. The number of nitrogens with zero attached hydrogens (tertiary/aromatic N) is 3. The molecule has 0 fully saturated rings. The summed E-state index contributed by atoms with van der Waals surface area (Å²) in [6.45, 7) is 3.50. The Morgan fingerprint density at radius 3 is 2.26 bits per heavy atom. The molecule has 0 aliphatic carbocycles. The van der Waals surface area contributed by atoms with Gasteiger partial charge in [-0.3, -0.25) is 19.5 Å². The number of carbonyl (C=O) groups is 2. The van der Waals surface area contributed by atoms with Gasteiger partial charge in [0.15, 0.2) is 12.4 Å². The lowest BCUT2D eigenvalue weighted by Gasteiger charge is -2.14. The van der Waals surface area contributed by atoms with E-state index in [9.17, 15) is 18.8 Å². The molecule has 168 valence electrons. The molecule has 5 rings (SSSR count). The van der Waals surface area contributed by atoms with Crippen LogP contribution in [0.25, 0.3) is 17.0 Å². The second-order valence-corrected chi connectivity index (χ2v) is 8.00. The number of pyridine rings is 1. The van der Waals surface area contributed by atoms with Crippen molar-refractivity contribution >= 4 is 28.8 Å². The number of hydrogen-bond acceptors (Lipinski definition) is 3. The van der Waals surface area contributed by atoms with E-state index in [0.29, 0.717) is 11.4 Å². The molecule has 0 atom stereocenters. The minimum Gasteiger partial charge on any atom is -0.295 e. The van der Waals surface area contributed by atoms with E-state index in [2.05, 4.69) is 5.10 Å². The number of aromatic nitrogens is 3. The van der Waals surface area contributed by atoms with Crippen LogP contribution in [0, 0.1) is 19.7 Å². The quantitative estimate of drug-likeness (QED) is 0.379. The molecular weight excluding hydrogens is 435 g/mol. The number of hydrogen-bond donors (Lipinski definition) is 1. The largest absolute Gasteiger partial charge is 0.331 e. The van der Waals surface area contributed by atoms with Gasteiger partial charge in [-0.1, -0.05) is 30.3 Å². The number of carbonyl (C=O) groups excluding carboxylic acids is 2. The summed E-state index contributed by atoms with van der Waals surface area (Å²) >= 11 is 0. The fraction of sp³-hybridized carbons (Fsp3) is 0.0769. The molecule has 0 saturated heterocycles. The van der Waals surface area contributed by atoms with Gasteiger partial charge in [0.1, 0.15) is 11.4 Å². The highest BCUT2D eigenvalue weighted by Crippen LogP contribution is 2.34. The standard InChI is InChI=1S/C26H19FN4O3/c1-16-9-8-14-29(15-16)23-22(24(32)30(26(23)34)20-13-7-6-12-19(20)27)21-17(2)28-31(25(21)33)18-10-4-3-5-11-18/h3-15H,1-2H3/p+1. The van der Waals surface area contributed by atoms with E-state index in [1.54, 1.807) is 55.7 Å². The SMILES string of the molecule is Cc1ccc[n+](C2=C(c3c(C)[nH]n(-c4ccccc4)c3=O)C(=O)N(c3ccccc3F)C2=O)c1. The van der Waals surface area contributed by atoms with E-state index < -0.39 is 23.2 Å². The van der Waals surface area contributed by atoms with Crippen LogP contribution in [0.1, 0.15) is 16.8 Å². The summed E-state index contributed by atoms with van der Waals surface area (Å²) in [5, 5.41) is 3.00. The molecule has 8 heteroatoms. The third-order valence-electron chi connectivity index (χ3n) is 5.70. The zero-order valence-corrected chi connectivity index (χ0v) is 18.4. The van der Waals surface area contributed by atoms with Crippen LogP contribution in [0.2, 0.25) is 0 Å². The Morgan fingerprint density at radius 1 is 0.853 bits per heavy atom. The number of H-pyrrole nitrogens is 1. The van der Waals surface area contributed by atoms with Crippen LogP contribution in [0.4, 0.5) is 10.1 Å². The van der Waals surface area contributed by atoms with E-state index in [-0.39, 0.29) is 22.5 Å². The smallest absolute Gasteiger partial charge is 0.295 e. The van der Waals surface area contributed by atoms with Gasteiger partial charge in [0.25, 0.3) is 17.2 Å². The van der Waals surface area contributed by atoms with Gasteiger partial charge in [0, 0.05) is 17.3 Å². The Balaban J connectivity index is 1.78. The van der Waals surface area contributed by atoms with Crippen molar-refractivity contribution in [1.82, 2.24) is 9.78 Å². The molecule has 1 aliphatic heterocycles. The summed E-state index contributed by atoms with van der Waals surface area (Å²) in [6.07, 6.45) is 3.30. The maximum Gasteiger partial charge on any atom is 0.331 e. The molecule has 0 saturated carbocycles. The average molecular weight is 455 g/mol. The highest BCUT2D eigenvalue weighted by Gasteiger charge is 2.48. The number of halogens is 1. The molecule has 0 bridgehead atoms. The highest BCUT2D eigenvalue weighted by molar-refractivity contribution is 6.53. The summed E-state index contributed by atoms with van der Waals surface area (Å²) in [5.74, 6) is -2.20. The van der Waals surface area contributed by atoms with E-state index in [0.717, 1.165) is 10.5 Å². The third kappa shape index (κ3) is 3.27. The zero-order valence-electron chi connectivity index (χ0n) is 18.4. The predicted molar refractivity (Wildman–Crippen MR) is 125 cm³/mol. The Bertz CT molecular complexity index is 1550. The predicted octanol–water partition coefficient (Wildman–Crippen LogP) is 3.15. The summed E-state index contributed by atoms with van der Waals surface area (Å²) in [6, 6.07) is 18.0. The van der Waals surface area contributed by atoms with Crippen LogP contribution in [-0.2, 0) is 9.59 Å². The Morgan fingerprint density at radius 2 is 1.56 bits per heavy atom. The number of benzene rings is 2. The van der Waals surface area contributed by atoms with E-state index in [1.165, 1.54) is 27.4 Å². The maximum atomic E-state index is 14.7. The van der Waals surface area contributed by atoms with E-state index >= 15 is 0 Å². The Kier molecular flexibility index (Phi) is 5.05. The molecule has 0 spiro atoms. The zero-order chi connectivity index (χ0) is 24.0. The highest BCUT2D eigenvalue weighted by atomic mass is 19.1. The summed E-state index contributed by atoms with van der Waals surface area (Å²) < 4.78 is 17.5. The van der Waals surface area contributed by atoms with Crippen LogP contribution >= 0.6 is 0 Å². The van der Waals surface area contributed by atoms with Crippen molar-refractivity contribution in [3.8, 4) is 5.69 Å². The first-order valence-corrected chi connectivity index (χ1v) is 10.6. The monoisotopic (exact) mass is 455 g/mol. The number of rotatable bonds is 4. The van der Waals surface area contributed by atoms with Crippen molar-refractivity contribution in [3.63, 3.8) is 0 Å². The molecule has 3 heterocycles. The van der Waals surface area contributed by atoms with Gasteiger partial charge in [0.05, 0.1) is 16.9 Å². The van der Waals surface area contributed by atoms with Crippen molar-refractivity contribution in [2.75, 3.05) is 4.90 Å². The second kappa shape index (κ2) is 8.08. The molecule has 2 amide bonds. The molecule has 2 aromatic carbocycles. The molecule has 34 heavy (non-hydrogen) atoms. The molecule has 1 N–H and O–H groups in total. The van der Waals surface area contributed by atoms with Gasteiger partial charge in [0.2, 0.25) is 0 Å². The van der Waals surface area contributed by atoms with Crippen LogP contribution < -0.4 is 15.0 Å². The van der Waals surface area contributed by atoms with Gasteiger partial charge in [-0.15, -0.1) is 0 Å². The lowest BCUT2D eigenvalue weighted by Crippen LogP contribution is -2.40. The molecule has 4 aromatic rings.